The minimum Gasteiger partial charge on any atom is -0.398 e. The molecule has 0 unspecified atom stereocenters. The fourth-order valence-corrected chi connectivity index (χ4v) is 1.52. The van der Waals surface area contributed by atoms with Crippen molar-refractivity contribution in [3.63, 3.8) is 0 Å². The molecule has 5 nitrogen and oxygen atoms in total. The smallest absolute Gasteiger partial charge is 0.260 e. The number of hydrogen-bond acceptors (Lipinski definition) is 4. The molecule has 0 fully saturated rings. The van der Waals surface area contributed by atoms with Gasteiger partial charge in [0, 0.05) is 23.8 Å². The average Bonchev–Trinajstić information content (AvgIpc) is 2.32. The lowest BCUT2D eigenvalue weighted by molar-refractivity contribution is 0.102. The number of hydrogen-bond donors (Lipinski definition) is 2. The maximum atomic E-state index is 11.9. The number of anilines is 2. The summed E-state index contributed by atoms with van der Waals surface area (Å²) >= 11 is 5.70. The second-order valence-electron chi connectivity index (χ2n) is 3.73. The molecule has 0 bridgehead atoms. The highest BCUT2D eigenvalue weighted by molar-refractivity contribution is 6.30. The van der Waals surface area contributed by atoms with Gasteiger partial charge in [-0.1, -0.05) is 11.6 Å². The molecular weight excluding hydrogens is 252 g/mol. The SMILES string of the molecule is Cc1cc(N)c(C(=O)Nc2ccc(Cl)cn2)cn1. The van der Waals surface area contributed by atoms with Crippen molar-refractivity contribution in [3.05, 3.63) is 46.9 Å². The number of carbonyl (C=O) groups is 1. The zero-order valence-corrected chi connectivity index (χ0v) is 10.4. The molecule has 0 aliphatic carbocycles. The number of halogens is 1. The fraction of sp³-hybridized carbons (Fsp3) is 0.0833. The molecule has 3 N–H and O–H groups in total. The van der Waals surface area contributed by atoms with Crippen LogP contribution in [0.25, 0.3) is 0 Å². The Hall–Kier alpha value is -2.14. The van der Waals surface area contributed by atoms with E-state index in [1.165, 1.54) is 12.4 Å². The molecule has 0 saturated heterocycles. The number of nitrogens with one attached hydrogen (secondary N) is 1. The number of rotatable bonds is 2. The van der Waals surface area contributed by atoms with Crippen LogP contribution < -0.4 is 11.1 Å². The summed E-state index contributed by atoms with van der Waals surface area (Å²) in [7, 11) is 0. The van der Waals surface area contributed by atoms with E-state index in [2.05, 4.69) is 15.3 Å². The van der Waals surface area contributed by atoms with Gasteiger partial charge in [-0.3, -0.25) is 9.78 Å². The highest BCUT2D eigenvalue weighted by Crippen LogP contribution is 2.14. The Labute approximate surface area is 109 Å². The van der Waals surface area contributed by atoms with Crippen LogP contribution in [0.1, 0.15) is 16.1 Å². The molecule has 0 atom stereocenters. The molecule has 2 rings (SSSR count). The van der Waals surface area contributed by atoms with Gasteiger partial charge in [0.2, 0.25) is 0 Å². The van der Waals surface area contributed by atoms with Gasteiger partial charge in [0.25, 0.3) is 5.91 Å². The molecule has 1 amide bonds. The molecule has 2 aromatic heterocycles. The second-order valence-corrected chi connectivity index (χ2v) is 4.17. The minimum absolute atomic E-state index is 0.317. The van der Waals surface area contributed by atoms with E-state index in [0.717, 1.165) is 5.69 Å². The Kier molecular flexibility index (Phi) is 3.43. The normalized spacial score (nSPS) is 10.1. The highest BCUT2D eigenvalue weighted by atomic mass is 35.5. The van der Waals surface area contributed by atoms with Crippen LogP contribution in [-0.2, 0) is 0 Å². The Balaban J connectivity index is 2.19. The summed E-state index contributed by atoms with van der Waals surface area (Å²) in [4.78, 5) is 19.9. The van der Waals surface area contributed by atoms with Crippen molar-refractivity contribution < 1.29 is 4.79 Å². The van der Waals surface area contributed by atoms with Crippen LogP contribution in [0, 0.1) is 6.92 Å². The number of pyridine rings is 2. The van der Waals surface area contributed by atoms with E-state index in [1.807, 2.05) is 0 Å². The summed E-state index contributed by atoms with van der Waals surface area (Å²) in [6.45, 7) is 1.80. The van der Waals surface area contributed by atoms with Gasteiger partial charge in [-0.05, 0) is 25.1 Å². The molecule has 92 valence electrons. The number of nitrogen functional groups attached to an aromatic ring is 1. The van der Waals surface area contributed by atoms with Gasteiger partial charge in [0.1, 0.15) is 5.82 Å². The van der Waals surface area contributed by atoms with Gasteiger partial charge < -0.3 is 11.1 Å². The monoisotopic (exact) mass is 262 g/mol. The Morgan fingerprint density at radius 2 is 2.11 bits per heavy atom. The lowest BCUT2D eigenvalue weighted by Gasteiger charge is -2.07. The first-order valence-corrected chi connectivity index (χ1v) is 5.59. The molecule has 2 aromatic rings. The van der Waals surface area contributed by atoms with Crippen molar-refractivity contribution in [2.75, 3.05) is 11.1 Å². The first-order chi connectivity index (χ1) is 8.56. The minimum atomic E-state index is -0.352. The van der Waals surface area contributed by atoms with Crippen molar-refractivity contribution in [1.29, 1.82) is 0 Å². The molecular formula is C12H11ClN4O. The Morgan fingerprint density at radius 3 is 2.72 bits per heavy atom. The van der Waals surface area contributed by atoms with Crippen molar-refractivity contribution in [2.24, 2.45) is 0 Å². The van der Waals surface area contributed by atoms with E-state index < -0.39 is 0 Å². The maximum Gasteiger partial charge on any atom is 0.260 e. The molecule has 0 aliphatic heterocycles. The van der Waals surface area contributed by atoms with Crippen LogP contribution in [0.3, 0.4) is 0 Å². The van der Waals surface area contributed by atoms with Gasteiger partial charge in [-0.25, -0.2) is 4.98 Å². The first kappa shape index (κ1) is 12.3. The fourth-order valence-electron chi connectivity index (χ4n) is 1.40. The Bertz CT molecular complexity index is 583. The number of carbonyl (C=O) groups excluding carboxylic acids is 1. The van der Waals surface area contributed by atoms with E-state index >= 15 is 0 Å². The molecule has 0 saturated carbocycles. The summed E-state index contributed by atoms with van der Waals surface area (Å²) in [5.74, 6) is 0.0548. The van der Waals surface area contributed by atoms with Crippen LogP contribution in [-0.4, -0.2) is 15.9 Å². The Morgan fingerprint density at radius 1 is 1.33 bits per heavy atom. The number of nitrogens with two attached hydrogens (primary N) is 1. The average molecular weight is 263 g/mol. The van der Waals surface area contributed by atoms with Crippen LogP contribution in [0.2, 0.25) is 5.02 Å². The third-order valence-corrected chi connectivity index (χ3v) is 2.51. The largest absolute Gasteiger partial charge is 0.398 e. The summed E-state index contributed by atoms with van der Waals surface area (Å²) < 4.78 is 0. The van der Waals surface area contributed by atoms with Gasteiger partial charge in [0.05, 0.1) is 10.6 Å². The summed E-state index contributed by atoms with van der Waals surface area (Å²) in [6, 6.07) is 4.89. The maximum absolute atomic E-state index is 11.9. The van der Waals surface area contributed by atoms with Crippen molar-refractivity contribution >= 4 is 29.0 Å². The predicted octanol–water partition coefficient (Wildman–Crippen LogP) is 2.27. The summed E-state index contributed by atoms with van der Waals surface area (Å²) in [5, 5.41) is 3.12. The molecule has 0 spiro atoms. The quantitative estimate of drug-likeness (QED) is 0.870. The molecule has 0 aliphatic rings. The zero-order chi connectivity index (χ0) is 13.1. The number of aromatic nitrogens is 2. The van der Waals surface area contributed by atoms with Gasteiger partial charge in [0.15, 0.2) is 0 Å². The van der Waals surface area contributed by atoms with Crippen LogP contribution >= 0.6 is 11.6 Å². The van der Waals surface area contributed by atoms with E-state index in [4.69, 9.17) is 17.3 Å². The predicted molar refractivity (Wildman–Crippen MR) is 70.6 cm³/mol. The van der Waals surface area contributed by atoms with E-state index in [9.17, 15) is 4.79 Å². The molecule has 2 heterocycles. The standard InChI is InChI=1S/C12H11ClN4O/c1-7-4-10(14)9(6-15-7)12(18)17-11-3-2-8(13)5-16-11/h2-6H,1H3,(H2,14,15)(H,16,17,18). The number of aryl methyl sites for hydroxylation is 1. The van der Waals surface area contributed by atoms with Gasteiger partial charge >= 0.3 is 0 Å². The number of nitrogens with zero attached hydrogens (tertiary/aromatic N) is 2. The van der Waals surface area contributed by atoms with Crippen molar-refractivity contribution in [2.45, 2.75) is 6.92 Å². The third kappa shape index (κ3) is 2.75. The second kappa shape index (κ2) is 5.01. The van der Waals surface area contributed by atoms with Gasteiger partial charge in [-0.2, -0.15) is 0 Å². The molecule has 0 aromatic carbocycles. The van der Waals surface area contributed by atoms with Crippen molar-refractivity contribution in [3.8, 4) is 0 Å². The first-order valence-electron chi connectivity index (χ1n) is 5.21. The number of amides is 1. The van der Waals surface area contributed by atoms with Crippen LogP contribution in [0.15, 0.2) is 30.6 Å². The van der Waals surface area contributed by atoms with E-state index in [-0.39, 0.29) is 5.91 Å². The van der Waals surface area contributed by atoms with E-state index in [1.54, 1.807) is 25.1 Å². The zero-order valence-electron chi connectivity index (χ0n) is 9.64. The summed E-state index contributed by atoms with van der Waals surface area (Å²) in [5.41, 5.74) is 7.22. The molecule has 18 heavy (non-hydrogen) atoms. The molecule has 0 radical (unpaired) electrons. The topological polar surface area (TPSA) is 80.9 Å². The van der Waals surface area contributed by atoms with Crippen molar-refractivity contribution in [1.82, 2.24) is 9.97 Å². The highest BCUT2D eigenvalue weighted by Gasteiger charge is 2.11. The van der Waals surface area contributed by atoms with Crippen LogP contribution in [0.5, 0.6) is 0 Å². The van der Waals surface area contributed by atoms with E-state index in [0.29, 0.717) is 22.1 Å². The molecule has 6 heteroatoms. The third-order valence-electron chi connectivity index (χ3n) is 2.29. The van der Waals surface area contributed by atoms with Crippen LogP contribution in [0.4, 0.5) is 11.5 Å². The lowest BCUT2D eigenvalue weighted by Crippen LogP contribution is -2.15. The lowest BCUT2D eigenvalue weighted by atomic mass is 10.2. The van der Waals surface area contributed by atoms with Gasteiger partial charge in [-0.15, -0.1) is 0 Å². The summed E-state index contributed by atoms with van der Waals surface area (Å²) in [6.07, 6.45) is 2.89.